The molecule has 0 radical (unpaired) electrons. The quantitative estimate of drug-likeness (QED) is 0.195. The van der Waals surface area contributed by atoms with Crippen LogP contribution in [0.1, 0.15) is 38.8 Å². The lowest BCUT2D eigenvalue weighted by molar-refractivity contribution is 0.467. The molecule has 7 heteroatoms. The van der Waals surface area contributed by atoms with Crippen LogP contribution in [0.3, 0.4) is 0 Å². The second-order valence-corrected chi connectivity index (χ2v) is 9.52. The van der Waals surface area contributed by atoms with E-state index in [1.165, 1.54) is 0 Å². The van der Waals surface area contributed by atoms with Crippen molar-refractivity contribution in [1.82, 2.24) is 9.97 Å². The lowest BCUT2D eigenvalue weighted by atomic mass is 10.0. The minimum absolute atomic E-state index is 0.117. The number of phenols is 3. The number of imidazole rings is 1. The molecule has 0 fully saturated rings. The Labute approximate surface area is 225 Å². The van der Waals surface area contributed by atoms with Crippen LogP contribution in [0.5, 0.6) is 17.2 Å². The first-order valence-corrected chi connectivity index (χ1v) is 13.3. The van der Waals surface area contributed by atoms with Crippen LogP contribution in [0.15, 0.2) is 48.5 Å². The number of aromatic amines is 1. The predicted octanol–water partition coefficient (Wildman–Crippen LogP) is 6.84. The average molecular weight is 515 g/mol. The van der Waals surface area contributed by atoms with Crippen LogP contribution in [-0.2, 0) is 0 Å². The van der Waals surface area contributed by atoms with E-state index in [0.717, 1.165) is 54.2 Å². The Hall–Kier alpha value is -4.13. The van der Waals surface area contributed by atoms with Crippen molar-refractivity contribution in [3.05, 3.63) is 59.7 Å². The minimum atomic E-state index is 0.117. The number of aromatic hydroxyl groups is 3. The molecule has 0 atom stereocenters. The zero-order valence-electron chi connectivity index (χ0n) is 23.1. The smallest absolute Gasteiger partial charge is 0.138 e. The molecule has 0 saturated carbocycles. The van der Waals surface area contributed by atoms with E-state index in [1.54, 1.807) is 12.1 Å². The van der Waals surface area contributed by atoms with Gasteiger partial charge in [-0.2, -0.15) is 0 Å². The molecule has 0 unspecified atom stereocenters. The van der Waals surface area contributed by atoms with E-state index in [0.29, 0.717) is 28.3 Å². The lowest BCUT2D eigenvalue weighted by Gasteiger charge is -2.22. The van der Waals surface area contributed by atoms with Crippen LogP contribution in [0.25, 0.3) is 33.9 Å². The second kappa shape index (κ2) is 11.1. The van der Waals surface area contributed by atoms with Crippen LogP contribution in [0.2, 0.25) is 0 Å². The third-order valence-electron chi connectivity index (χ3n) is 7.21. The maximum Gasteiger partial charge on any atom is 0.138 e. The van der Waals surface area contributed by atoms with E-state index in [-0.39, 0.29) is 17.2 Å². The molecule has 0 saturated heterocycles. The third-order valence-corrected chi connectivity index (χ3v) is 7.21. The Morgan fingerprint density at radius 3 is 1.61 bits per heavy atom. The molecular weight excluding hydrogens is 476 g/mol. The van der Waals surface area contributed by atoms with Crippen LogP contribution in [0, 0.1) is 13.8 Å². The molecule has 0 aliphatic heterocycles. The molecule has 4 rings (SSSR count). The van der Waals surface area contributed by atoms with Gasteiger partial charge in [0.1, 0.15) is 28.8 Å². The Morgan fingerprint density at radius 1 is 0.684 bits per heavy atom. The normalized spacial score (nSPS) is 11.1. The van der Waals surface area contributed by atoms with Crippen molar-refractivity contribution in [3.8, 4) is 51.2 Å². The number of hydrogen-bond acceptors (Lipinski definition) is 6. The number of hydrogen-bond donors (Lipinski definition) is 4. The zero-order chi connectivity index (χ0) is 27.6. The second-order valence-electron chi connectivity index (χ2n) is 9.52. The highest BCUT2D eigenvalue weighted by atomic mass is 16.3. The number of phenolic OH excluding ortho intramolecular Hbond substituents is 3. The van der Waals surface area contributed by atoms with Gasteiger partial charge >= 0.3 is 0 Å². The third kappa shape index (κ3) is 5.01. The molecule has 7 nitrogen and oxygen atoms in total. The number of nitrogens with zero attached hydrogens (tertiary/aromatic N) is 3. The monoisotopic (exact) mass is 514 g/mol. The van der Waals surface area contributed by atoms with Crippen LogP contribution < -0.4 is 9.80 Å². The fourth-order valence-corrected chi connectivity index (χ4v) is 5.02. The summed E-state index contributed by atoms with van der Waals surface area (Å²) >= 11 is 0. The highest BCUT2D eigenvalue weighted by Gasteiger charge is 2.22. The van der Waals surface area contributed by atoms with Crippen molar-refractivity contribution in [1.29, 1.82) is 0 Å². The Kier molecular flexibility index (Phi) is 7.86. The summed E-state index contributed by atoms with van der Waals surface area (Å²) in [4.78, 5) is 12.7. The predicted molar refractivity (Wildman–Crippen MR) is 156 cm³/mol. The highest BCUT2D eigenvalue weighted by molar-refractivity contribution is 5.87. The largest absolute Gasteiger partial charge is 0.507 e. The molecule has 0 aliphatic carbocycles. The molecule has 0 aliphatic rings. The molecule has 4 aromatic rings. The number of anilines is 2. The van der Waals surface area contributed by atoms with E-state index >= 15 is 0 Å². The summed E-state index contributed by atoms with van der Waals surface area (Å²) in [5.74, 6) is 1.09. The molecule has 1 aromatic heterocycles. The van der Waals surface area contributed by atoms with Gasteiger partial charge < -0.3 is 30.1 Å². The van der Waals surface area contributed by atoms with Crippen molar-refractivity contribution < 1.29 is 15.3 Å². The van der Waals surface area contributed by atoms with Gasteiger partial charge in [0.25, 0.3) is 0 Å². The van der Waals surface area contributed by atoms with E-state index in [1.807, 2.05) is 50.2 Å². The van der Waals surface area contributed by atoms with Crippen LogP contribution in [-0.4, -0.2) is 51.5 Å². The number of nitrogens with one attached hydrogen (secondary N) is 1. The number of H-pyrrole nitrogens is 1. The first kappa shape index (κ1) is 26.9. The highest BCUT2D eigenvalue weighted by Crippen LogP contribution is 2.42. The van der Waals surface area contributed by atoms with Gasteiger partial charge in [-0.25, -0.2) is 4.98 Å². The molecule has 0 amide bonds. The Bertz CT molecular complexity index is 1330. The SMILES string of the molecule is CCN(CC)c1ccc(-c2nc(-c3cc(C)c(O)c(C)c3)[nH]c2-c2ccc(N(CC)CC)cc2O)c(O)c1. The molecule has 0 spiro atoms. The van der Waals surface area contributed by atoms with Gasteiger partial charge in [0, 0.05) is 66.4 Å². The number of aromatic nitrogens is 2. The number of aryl methyl sites for hydroxylation is 2. The van der Waals surface area contributed by atoms with Crippen molar-refractivity contribution in [3.63, 3.8) is 0 Å². The maximum absolute atomic E-state index is 11.1. The topological polar surface area (TPSA) is 95.9 Å². The fraction of sp³-hybridized carbons (Fsp3) is 0.323. The summed E-state index contributed by atoms with van der Waals surface area (Å²) in [6.07, 6.45) is 0. The first-order valence-electron chi connectivity index (χ1n) is 13.3. The van der Waals surface area contributed by atoms with Gasteiger partial charge in [0.2, 0.25) is 0 Å². The molecule has 4 N–H and O–H groups in total. The molecule has 0 bridgehead atoms. The summed E-state index contributed by atoms with van der Waals surface area (Å²) in [6, 6.07) is 15.0. The van der Waals surface area contributed by atoms with Crippen molar-refractivity contribution in [2.24, 2.45) is 0 Å². The number of benzene rings is 3. The molecular formula is C31H38N4O3. The van der Waals surface area contributed by atoms with Gasteiger partial charge in [-0.3, -0.25) is 0 Å². The van der Waals surface area contributed by atoms with Crippen molar-refractivity contribution in [2.75, 3.05) is 36.0 Å². The Balaban J connectivity index is 1.91. The van der Waals surface area contributed by atoms with Gasteiger partial charge in [-0.15, -0.1) is 0 Å². The van der Waals surface area contributed by atoms with Crippen LogP contribution in [0.4, 0.5) is 11.4 Å². The van der Waals surface area contributed by atoms with Gasteiger partial charge in [-0.1, -0.05) is 0 Å². The van der Waals surface area contributed by atoms with Crippen LogP contribution >= 0.6 is 0 Å². The van der Waals surface area contributed by atoms with E-state index in [4.69, 9.17) is 4.98 Å². The Morgan fingerprint density at radius 2 is 1.16 bits per heavy atom. The summed E-state index contributed by atoms with van der Waals surface area (Å²) in [7, 11) is 0. The van der Waals surface area contributed by atoms with Gasteiger partial charge in [0.15, 0.2) is 0 Å². The minimum Gasteiger partial charge on any atom is -0.507 e. The van der Waals surface area contributed by atoms with E-state index in [9.17, 15) is 15.3 Å². The molecule has 3 aromatic carbocycles. The summed E-state index contributed by atoms with van der Waals surface area (Å²) < 4.78 is 0. The molecule has 1 heterocycles. The first-order chi connectivity index (χ1) is 18.2. The van der Waals surface area contributed by atoms with E-state index < -0.39 is 0 Å². The van der Waals surface area contributed by atoms with E-state index in [2.05, 4.69) is 42.5 Å². The van der Waals surface area contributed by atoms with Gasteiger partial charge in [0.05, 0.1) is 5.69 Å². The maximum atomic E-state index is 11.1. The van der Waals surface area contributed by atoms with Gasteiger partial charge in [-0.05, 0) is 89.1 Å². The number of rotatable bonds is 9. The van der Waals surface area contributed by atoms with Crippen molar-refractivity contribution in [2.45, 2.75) is 41.5 Å². The summed E-state index contributed by atoms with van der Waals surface area (Å²) in [5, 5.41) is 32.5. The summed E-state index contributed by atoms with van der Waals surface area (Å²) in [5.41, 5.74) is 6.49. The zero-order valence-corrected chi connectivity index (χ0v) is 23.1. The fourth-order valence-electron chi connectivity index (χ4n) is 5.02. The van der Waals surface area contributed by atoms with Crippen molar-refractivity contribution >= 4 is 11.4 Å². The molecule has 38 heavy (non-hydrogen) atoms. The lowest BCUT2D eigenvalue weighted by Crippen LogP contribution is -2.21. The standard InChI is InChI=1S/C31H38N4O3/c1-7-34(8-2)22-11-13-24(26(36)17-22)28-29(25-14-12-23(18-27(25)37)35(9-3)10-4)33-31(32-28)21-15-19(5)30(38)20(6)16-21/h11-18,36-38H,7-10H2,1-6H3,(H,32,33). The molecule has 200 valence electrons. The average Bonchev–Trinajstić information content (AvgIpc) is 3.33. The summed E-state index contributed by atoms with van der Waals surface area (Å²) in [6.45, 7) is 15.4.